The maximum atomic E-state index is 6.15. The quantitative estimate of drug-likeness (QED) is 0.767. The van der Waals surface area contributed by atoms with E-state index in [9.17, 15) is 0 Å². The Morgan fingerprint density at radius 1 is 1.33 bits per heavy atom. The van der Waals surface area contributed by atoms with Gasteiger partial charge < -0.3 is 9.30 Å². The van der Waals surface area contributed by atoms with Crippen LogP contribution >= 0.6 is 11.6 Å². The number of nitrogens with zero attached hydrogens (tertiary/aromatic N) is 2. The van der Waals surface area contributed by atoms with Gasteiger partial charge in [0, 0.05) is 12.6 Å². The third-order valence-electron chi connectivity index (χ3n) is 4.91. The summed E-state index contributed by atoms with van der Waals surface area (Å²) in [5.74, 6) is 1.43. The summed E-state index contributed by atoms with van der Waals surface area (Å²) in [6, 6.07) is 8.75. The third kappa shape index (κ3) is 2.58. The molecule has 1 unspecified atom stereocenters. The van der Waals surface area contributed by atoms with E-state index in [1.807, 2.05) is 6.07 Å². The molecule has 3 rings (SSSR count). The van der Waals surface area contributed by atoms with Crippen molar-refractivity contribution < 1.29 is 4.74 Å². The maximum Gasteiger partial charge on any atom is 0.125 e. The molecule has 1 aliphatic heterocycles. The molecule has 1 atom stereocenters. The summed E-state index contributed by atoms with van der Waals surface area (Å²) in [5, 5.41) is 0. The minimum Gasteiger partial charge on any atom is -0.375 e. The molecule has 1 saturated heterocycles. The molecule has 4 heteroatoms. The van der Waals surface area contributed by atoms with E-state index in [4.69, 9.17) is 21.3 Å². The van der Waals surface area contributed by atoms with E-state index in [2.05, 4.69) is 36.6 Å². The SMILES string of the molecule is CCC1(CC)CC(n2c(CCl)nc3ccccc32)CCO1. The zero-order chi connectivity index (χ0) is 14.9. The van der Waals surface area contributed by atoms with Crippen LogP contribution in [0.25, 0.3) is 11.0 Å². The summed E-state index contributed by atoms with van der Waals surface area (Å²) < 4.78 is 8.46. The van der Waals surface area contributed by atoms with Gasteiger partial charge in [-0.3, -0.25) is 0 Å². The molecule has 114 valence electrons. The van der Waals surface area contributed by atoms with Crippen LogP contribution in [0, 0.1) is 0 Å². The lowest BCUT2D eigenvalue weighted by atomic mass is 9.85. The predicted molar refractivity (Wildman–Crippen MR) is 86.8 cm³/mol. The molecule has 3 nitrogen and oxygen atoms in total. The first-order valence-corrected chi connectivity index (χ1v) is 8.42. The molecule has 0 spiro atoms. The second kappa shape index (κ2) is 5.98. The van der Waals surface area contributed by atoms with Crippen LogP contribution in [0.2, 0.25) is 0 Å². The Labute approximate surface area is 131 Å². The largest absolute Gasteiger partial charge is 0.375 e. The lowest BCUT2D eigenvalue weighted by Crippen LogP contribution is -2.39. The van der Waals surface area contributed by atoms with Gasteiger partial charge in [-0.15, -0.1) is 11.6 Å². The Morgan fingerprint density at radius 3 is 2.81 bits per heavy atom. The molecule has 0 saturated carbocycles. The molecular formula is C17H23ClN2O. The molecule has 2 heterocycles. The van der Waals surface area contributed by atoms with Crippen molar-refractivity contribution in [2.75, 3.05) is 6.61 Å². The second-order valence-corrected chi connectivity index (χ2v) is 6.17. The van der Waals surface area contributed by atoms with E-state index in [-0.39, 0.29) is 5.60 Å². The van der Waals surface area contributed by atoms with Gasteiger partial charge in [0.05, 0.1) is 22.5 Å². The number of hydrogen-bond acceptors (Lipinski definition) is 2. The molecule has 0 bridgehead atoms. The van der Waals surface area contributed by atoms with E-state index in [1.54, 1.807) is 0 Å². The van der Waals surface area contributed by atoms with Crippen LogP contribution < -0.4 is 0 Å². The number of imidazole rings is 1. The normalized spacial score (nSPS) is 21.8. The molecule has 1 aromatic carbocycles. The molecule has 0 radical (unpaired) electrons. The molecule has 2 aromatic rings. The monoisotopic (exact) mass is 306 g/mol. The van der Waals surface area contributed by atoms with Crippen LogP contribution in [0.1, 0.15) is 51.4 Å². The maximum absolute atomic E-state index is 6.15. The molecule has 0 amide bonds. The first-order chi connectivity index (χ1) is 10.2. The van der Waals surface area contributed by atoms with Crippen molar-refractivity contribution in [1.29, 1.82) is 0 Å². The van der Waals surface area contributed by atoms with Gasteiger partial charge >= 0.3 is 0 Å². The van der Waals surface area contributed by atoms with Gasteiger partial charge in [0.2, 0.25) is 0 Å². The number of benzene rings is 1. The third-order valence-corrected chi connectivity index (χ3v) is 5.15. The van der Waals surface area contributed by atoms with Crippen molar-refractivity contribution >= 4 is 22.6 Å². The Kier molecular flexibility index (Phi) is 4.23. The van der Waals surface area contributed by atoms with Crippen molar-refractivity contribution in [2.45, 2.75) is 57.1 Å². The number of para-hydroxylation sites is 2. The van der Waals surface area contributed by atoms with Crippen molar-refractivity contribution in [2.24, 2.45) is 0 Å². The van der Waals surface area contributed by atoms with Crippen LogP contribution in [0.15, 0.2) is 24.3 Å². The highest BCUT2D eigenvalue weighted by atomic mass is 35.5. The number of fused-ring (bicyclic) bond motifs is 1. The molecule has 1 aliphatic rings. The number of halogens is 1. The summed E-state index contributed by atoms with van der Waals surface area (Å²) in [6.45, 7) is 5.27. The van der Waals surface area contributed by atoms with Gasteiger partial charge in [-0.2, -0.15) is 0 Å². The van der Waals surface area contributed by atoms with Crippen molar-refractivity contribution in [3.05, 3.63) is 30.1 Å². The molecule has 1 aromatic heterocycles. The fourth-order valence-corrected chi connectivity index (χ4v) is 3.75. The highest BCUT2D eigenvalue weighted by molar-refractivity contribution is 6.16. The minimum absolute atomic E-state index is 0.0118. The van der Waals surface area contributed by atoms with Crippen LogP contribution in [-0.2, 0) is 10.6 Å². The summed E-state index contributed by atoms with van der Waals surface area (Å²) >= 11 is 6.15. The lowest BCUT2D eigenvalue weighted by molar-refractivity contribution is -0.0984. The van der Waals surface area contributed by atoms with Crippen LogP contribution in [0.4, 0.5) is 0 Å². The zero-order valence-corrected chi connectivity index (χ0v) is 13.6. The van der Waals surface area contributed by atoms with E-state index in [1.165, 1.54) is 5.52 Å². The van der Waals surface area contributed by atoms with Crippen molar-refractivity contribution in [1.82, 2.24) is 9.55 Å². The predicted octanol–water partition coefficient (Wildman–Crippen LogP) is 4.69. The number of alkyl halides is 1. The number of ether oxygens (including phenoxy) is 1. The molecular weight excluding hydrogens is 284 g/mol. The highest BCUT2D eigenvalue weighted by Gasteiger charge is 2.36. The van der Waals surface area contributed by atoms with Crippen molar-refractivity contribution in [3.8, 4) is 0 Å². The molecule has 21 heavy (non-hydrogen) atoms. The van der Waals surface area contributed by atoms with Gasteiger partial charge in [-0.25, -0.2) is 4.98 Å². The van der Waals surface area contributed by atoms with Gasteiger partial charge in [0.15, 0.2) is 0 Å². The average Bonchev–Trinajstić information content (AvgIpc) is 2.93. The smallest absolute Gasteiger partial charge is 0.125 e. The Balaban J connectivity index is 2.03. The van der Waals surface area contributed by atoms with Crippen LogP contribution in [0.3, 0.4) is 0 Å². The molecule has 0 N–H and O–H groups in total. The zero-order valence-electron chi connectivity index (χ0n) is 12.8. The fourth-order valence-electron chi connectivity index (χ4n) is 3.56. The summed E-state index contributed by atoms with van der Waals surface area (Å²) in [6.07, 6.45) is 4.20. The summed E-state index contributed by atoms with van der Waals surface area (Å²) in [5.41, 5.74) is 2.25. The second-order valence-electron chi connectivity index (χ2n) is 5.91. The van der Waals surface area contributed by atoms with Gasteiger partial charge in [0.25, 0.3) is 0 Å². The highest BCUT2D eigenvalue weighted by Crippen LogP contribution is 2.39. The number of rotatable bonds is 4. The van der Waals surface area contributed by atoms with E-state index >= 15 is 0 Å². The van der Waals surface area contributed by atoms with Gasteiger partial charge in [-0.05, 0) is 37.8 Å². The average molecular weight is 307 g/mol. The van der Waals surface area contributed by atoms with Crippen LogP contribution in [-0.4, -0.2) is 21.8 Å². The molecule has 1 fully saturated rings. The van der Waals surface area contributed by atoms with Crippen molar-refractivity contribution in [3.63, 3.8) is 0 Å². The van der Waals surface area contributed by atoms with Crippen LogP contribution in [0.5, 0.6) is 0 Å². The number of aromatic nitrogens is 2. The van der Waals surface area contributed by atoms with E-state index in [0.717, 1.165) is 43.6 Å². The topological polar surface area (TPSA) is 27.1 Å². The lowest BCUT2D eigenvalue weighted by Gasteiger charge is -2.41. The molecule has 0 aliphatic carbocycles. The Hall–Kier alpha value is -1.06. The fraction of sp³-hybridized carbons (Fsp3) is 0.588. The van der Waals surface area contributed by atoms with Gasteiger partial charge in [-0.1, -0.05) is 26.0 Å². The first kappa shape index (κ1) is 14.9. The minimum atomic E-state index is 0.0118. The van der Waals surface area contributed by atoms with E-state index in [0.29, 0.717) is 11.9 Å². The Morgan fingerprint density at radius 2 is 2.10 bits per heavy atom. The Bertz CT molecular complexity index is 618. The summed E-state index contributed by atoms with van der Waals surface area (Å²) in [4.78, 5) is 4.70. The number of hydrogen-bond donors (Lipinski definition) is 0. The first-order valence-electron chi connectivity index (χ1n) is 7.88. The van der Waals surface area contributed by atoms with E-state index < -0.39 is 0 Å². The van der Waals surface area contributed by atoms with Gasteiger partial charge in [0.1, 0.15) is 5.82 Å². The standard InChI is InChI=1S/C17H23ClN2O/c1-3-17(4-2)11-13(9-10-21-17)20-15-8-6-5-7-14(15)19-16(20)12-18/h5-8,13H,3-4,9-12H2,1-2H3. The summed E-state index contributed by atoms with van der Waals surface area (Å²) in [7, 11) is 0.